The molecule has 2 rings (SSSR count). The van der Waals surface area contributed by atoms with Crippen LogP contribution in [0.15, 0.2) is 18.2 Å². The van der Waals surface area contributed by atoms with Crippen LogP contribution in [0.2, 0.25) is 0 Å². The summed E-state index contributed by atoms with van der Waals surface area (Å²) in [4.78, 5) is 12.0. The molecule has 0 aliphatic heterocycles. The lowest BCUT2D eigenvalue weighted by Crippen LogP contribution is -2.27. The molecule has 0 heterocycles. The lowest BCUT2D eigenvalue weighted by molar-refractivity contribution is -0.121. The Kier molecular flexibility index (Phi) is 9.68. The maximum absolute atomic E-state index is 12.0. The Morgan fingerprint density at radius 1 is 1.28 bits per heavy atom. The number of methoxy groups -OCH3 is 1. The van der Waals surface area contributed by atoms with Crippen LogP contribution in [0, 0.1) is 0 Å². The van der Waals surface area contributed by atoms with Gasteiger partial charge in [0.25, 0.3) is 0 Å². The van der Waals surface area contributed by atoms with E-state index in [1.807, 2.05) is 32.2 Å². The largest absolute Gasteiger partial charge is 0.493 e. The molecule has 142 valence electrons. The smallest absolute Gasteiger partial charge is 0.220 e. The van der Waals surface area contributed by atoms with Gasteiger partial charge in [0.1, 0.15) is 0 Å². The molecule has 1 aromatic carbocycles. The van der Waals surface area contributed by atoms with Gasteiger partial charge in [-0.1, -0.05) is 6.07 Å². The van der Waals surface area contributed by atoms with Gasteiger partial charge in [-0.3, -0.25) is 4.79 Å². The number of hydrogen-bond donors (Lipinski definition) is 2. The van der Waals surface area contributed by atoms with E-state index < -0.39 is 0 Å². The maximum atomic E-state index is 12.0. The van der Waals surface area contributed by atoms with Crippen molar-refractivity contribution in [1.29, 1.82) is 0 Å². The number of carbonyl (C=O) groups excluding carboxylic acids is 1. The Labute approximate surface area is 157 Å². The zero-order valence-electron chi connectivity index (χ0n) is 15.5. The van der Waals surface area contributed by atoms with Crippen molar-refractivity contribution >= 4 is 18.3 Å². The maximum Gasteiger partial charge on any atom is 0.220 e. The van der Waals surface area contributed by atoms with E-state index in [1.54, 1.807) is 7.11 Å². The highest BCUT2D eigenvalue weighted by Crippen LogP contribution is 2.33. The normalized spacial score (nSPS) is 15.3. The molecule has 0 aromatic heterocycles. The first-order valence-corrected chi connectivity index (χ1v) is 8.92. The average Bonchev–Trinajstić information content (AvgIpc) is 3.08. The summed E-state index contributed by atoms with van der Waals surface area (Å²) in [5, 5.41) is 6.08. The van der Waals surface area contributed by atoms with E-state index in [2.05, 4.69) is 10.6 Å². The standard InChI is InChI=1S/C19H30N2O3.ClH/c1-14(21-19(22)9-6-12-20-2)15-10-11-17(18(13-15)23-3)24-16-7-4-5-8-16;/h10-11,13-14,16,20H,4-9,12H2,1-3H3,(H,21,22);1H. The second kappa shape index (κ2) is 11.2. The van der Waals surface area contributed by atoms with Crippen LogP contribution in [0.1, 0.15) is 57.1 Å². The Bertz CT molecular complexity index is 533. The summed E-state index contributed by atoms with van der Waals surface area (Å²) < 4.78 is 11.5. The molecule has 0 spiro atoms. The molecule has 0 saturated heterocycles. The zero-order valence-corrected chi connectivity index (χ0v) is 16.3. The molecule has 1 saturated carbocycles. The first-order chi connectivity index (χ1) is 11.6. The Balaban J connectivity index is 0.00000312. The first kappa shape index (κ1) is 21.6. The highest BCUT2D eigenvalue weighted by molar-refractivity contribution is 5.85. The molecule has 1 unspecified atom stereocenters. The minimum absolute atomic E-state index is 0. The van der Waals surface area contributed by atoms with Gasteiger partial charge in [-0.15, -0.1) is 12.4 Å². The molecule has 0 bridgehead atoms. The molecular weight excluding hydrogens is 340 g/mol. The number of ether oxygens (including phenoxy) is 2. The number of hydrogen-bond acceptors (Lipinski definition) is 4. The van der Waals surface area contributed by atoms with Crippen LogP contribution < -0.4 is 20.1 Å². The molecule has 1 fully saturated rings. The van der Waals surface area contributed by atoms with Crippen molar-refractivity contribution in [3.05, 3.63) is 23.8 Å². The van der Waals surface area contributed by atoms with Crippen molar-refractivity contribution in [3.63, 3.8) is 0 Å². The highest BCUT2D eigenvalue weighted by Gasteiger charge is 2.19. The van der Waals surface area contributed by atoms with Gasteiger partial charge in [-0.25, -0.2) is 0 Å². The Morgan fingerprint density at radius 3 is 2.64 bits per heavy atom. The van der Waals surface area contributed by atoms with Gasteiger partial charge in [0, 0.05) is 6.42 Å². The average molecular weight is 371 g/mol. The lowest BCUT2D eigenvalue weighted by atomic mass is 10.1. The van der Waals surface area contributed by atoms with Crippen LogP contribution in [0.4, 0.5) is 0 Å². The van der Waals surface area contributed by atoms with E-state index in [4.69, 9.17) is 9.47 Å². The Hall–Kier alpha value is -1.46. The molecule has 6 heteroatoms. The van der Waals surface area contributed by atoms with Gasteiger partial charge in [0.15, 0.2) is 11.5 Å². The van der Waals surface area contributed by atoms with Crippen LogP contribution in [-0.4, -0.2) is 32.7 Å². The van der Waals surface area contributed by atoms with E-state index in [-0.39, 0.29) is 24.4 Å². The van der Waals surface area contributed by atoms with Crippen LogP contribution in [-0.2, 0) is 4.79 Å². The van der Waals surface area contributed by atoms with Gasteiger partial charge in [-0.2, -0.15) is 0 Å². The van der Waals surface area contributed by atoms with Gasteiger partial charge in [0.05, 0.1) is 19.3 Å². The molecule has 1 aliphatic carbocycles. The van der Waals surface area contributed by atoms with Gasteiger partial charge in [0.2, 0.25) is 5.91 Å². The number of carbonyl (C=O) groups is 1. The van der Waals surface area contributed by atoms with Crippen LogP contribution >= 0.6 is 12.4 Å². The minimum atomic E-state index is -0.0542. The second-order valence-electron chi connectivity index (χ2n) is 6.43. The second-order valence-corrected chi connectivity index (χ2v) is 6.43. The molecule has 1 amide bonds. The minimum Gasteiger partial charge on any atom is -0.493 e. The number of halogens is 1. The van der Waals surface area contributed by atoms with Gasteiger partial charge >= 0.3 is 0 Å². The fraction of sp³-hybridized carbons (Fsp3) is 0.632. The van der Waals surface area contributed by atoms with Crippen molar-refractivity contribution in [1.82, 2.24) is 10.6 Å². The van der Waals surface area contributed by atoms with E-state index >= 15 is 0 Å². The number of nitrogens with one attached hydrogen (secondary N) is 2. The number of benzene rings is 1. The number of rotatable bonds is 9. The monoisotopic (exact) mass is 370 g/mol. The Morgan fingerprint density at radius 2 is 2.00 bits per heavy atom. The first-order valence-electron chi connectivity index (χ1n) is 8.92. The molecule has 5 nitrogen and oxygen atoms in total. The third-order valence-corrected chi connectivity index (χ3v) is 4.49. The van der Waals surface area contributed by atoms with Crippen LogP contribution in [0.3, 0.4) is 0 Å². The lowest BCUT2D eigenvalue weighted by Gasteiger charge is -2.19. The highest BCUT2D eigenvalue weighted by atomic mass is 35.5. The molecule has 0 radical (unpaired) electrons. The van der Waals surface area contributed by atoms with Crippen molar-refractivity contribution in [2.24, 2.45) is 0 Å². The van der Waals surface area contributed by atoms with Crippen LogP contribution in [0.25, 0.3) is 0 Å². The van der Waals surface area contributed by atoms with E-state index in [1.165, 1.54) is 12.8 Å². The van der Waals surface area contributed by atoms with Crippen molar-refractivity contribution in [3.8, 4) is 11.5 Å². The van der Waals surface area contributed by atoms with E-state index in [0.29, 0.717) is 12.5 Å². The van der Waals surface area contributed by atoms with Gasteiger partial charge < -0.3 is 20.1 Å². The van der Waals surface area contributed by atoms with Gasteiger partial charge in [-0.05, 0) is 70.3 Å². The van der Waals surface area contributed by atoms with Crippen molar-refractivity contribution in [2.75, 3.05) is 20.7 Å². The molecule has 25 heavy (non-hydrogen) atoms. The summed E-state index contributed by atoms with van der Waals surface area (Å²) in [6.45, 7) is 2.84. The summed E-state index contributed by atoms with van der Waals surface area (Å²) in [5.74, 6) is 1.60. The fourth-order valence-electron chi connectivity index (χ4n) is 3.06. The van der Waals surface area contributed by atoms with E-state index in [9.17, 15) is 4.79 Å². The molecule has 1 aliphatic rings. The third kappa shape index (κ3) is 6.75. The molecule has 1 atom stereocenters. The summed E-state index contributed by atoms with van der Waals surface area (Å²) >= 11 is 0. The topological polar surface area (TPSA) is 59.6 Å². The van der Waals surface area contributed by atoms with Crippen LogP contribution in [0.5, 0.6) is 11.5 Å². The quantitative estimate of drug-likeness (QED) is 0.652. The van der Waals surface area contributed by atoms with Crippen molar-refractivity contribution < 1.29 is 14.3 Å². The molecule has 2 N–H and O–H groups in total. The summed E-state index contributed by atoms with van der Waals surface area (Å²) in [7, 11) is 3.55. The predicted octanol–water partition coefficient (Wildman–Crippen LogP) is 3.62. The molecule has 1 aromatic rings. The van der Waals surface area contributed by atoms with Crippen molar-refractivity contribution in [2.45, 2.75) is 57.6 Å². The fourth-order valence-corrected chi connectivity index (χ4v) is 3.06. The van der Waals surface area contributed by atoms with E-state index in [0.717, 1.165) is 42.9 Å². The number of amides is 1. The zero-order chi connectivity index (χ0) is 17.4. The molecular formula is C19H31ClN2O3. The summed E-state index contributed by atoms with van der Waals surface area (Å²) in [5.41, 5.74) is 1.02. The summed E-state index contributed by atoms with van der Waals surface area (Å²) in [6, 6.07) is 5.87. The third-order valence-electron chi connectivity index (χ3n) is 4.49. The predicted molar refractivity (Wildman–Crippen MR) is 103 cm³/mol. The SMILES string of the molecule is CNCCCC(=O)NC(C)c1ccc(OC2CCCC2)c(OC)c1.Cl. The summed E-state index contributed by atoms with van der Waals surface area (Å²) in [6.07, 6.45) is 6.38.